The standard InChI is InChI=1S/C14H18N2O/c1-14(2,3)12-10-13(17)16(15(12)4)11-8-6-5-7-9-11/h5-10H,1-4H3. The predicted octanol–water partition coefficient (Wildman–Crippen LogP) is 2.47. The van der Waals surface area contributed by atoms with Gasteiger partial charge in [0.05, 0.1) is 5.69 Å². The molecule has 3 heteroatoms. The number of hydrogen-bond acceptors (Lipinski definition) is 1. The molecule has 2 rings (SSSR count). The first kappa shape index (κ1) is 11.7. The van der Waals surface area contributed by atoms with Gasteiger partial charge in [0.15, 0.2) is 0 Å². The number of benzene rings is 1. The molecule has 0 spiro atoms. The summed E-state index contributed by atoms with van der Waals surface area (Å²) in [6.07, 6.45) is 0. The molecule has 0 fully saturated rings. The Balaban J connectivity index is 2.66. The largest absolute Gasteiger partial charge is 0.285 e. The fourth-order valence-corrected chi connectivity index (χ4v) is 2.10. The molecule has 0 aliphatic carbocycles. The maximum absolute atomic E-state index is 12.1. The first-order valence-corrected chi connectivity index (χ1v) is 5.76. The van der Waals surface area contributed by atoms with Gasteiger partial charge in [0.1, 0.15) is 0 Å². The van der Waals surface area contributed by atoms with Gasteiger partial charge in [0.25, 0.3) is 5.56 Å². The summed E-state index contributed by atoms with van der Waals surface area (Å²) in [4.78, 5) is 12.1. The van der Waals surface area contributed by atoms with Gasteiger partial charge in [0, 0.05) is 24.2 Å². The van der Waals surface area contributed by atoms with E-state index in [-0.39, 0.29) is 11.0 Å². The van der Waals surface area contributed by atoms with E-state index in [0.717, 1.165) is 11.4 Å². The van der Waals surface area contributed by atoms with E-state index < -0.39 is 0 Å². The highest BCUT2D eigenvalue weighted by Crippen LogP contribution is 2.21. The average molecular weight is 230 g/mol. The quantitative estimate of drug-likeness (QED) is 0.739. The fraction of sp³-hybridized carbons (Fsp3) is 0.357. The topological polar surface area (TPSA) is 26.9 Å². The van der Waals surface area contributed by atoms with Crippen LogP contribution in [0.2, 0.25) is 0 Å². The van der Waals surface area contributed by atoms with Crippen molar-refractivity contribution in [2.24, 2.45) is 7.05 Å². The van der Waals surface area contributed by atoms with Crippen LogP contribution in [-0.2, 0) is 12.5 Å². The molecule has 1 heterocycles. The molecule has 0 aliphatic rings. The molecule has 0 radical (unpaired) electrons. The van der Waals surface area contributed by atoms with Crippen molar-refractivity contribution in [1.29, 1.82) is 0 Å². The molecule has 0 aliphatic heterocycles. The summed E-state index contributed by atoms with van der Waals surface area (Å²) in [5.74, 6) is 0. The van der Waals surface area contributed by atoms with Crippen LogP contribution in [0.1, 0.15) is 26.5 Å². The molecule has 0 bridgehead atoms. The summed E-state index contributed by atoms with van der Waals surface area (Å²) in [6, 6.07) is 11.4. The van der Waals surface area contributed by atoms with Crippen LogP contribution in [0.15, 0.2) is 41.2 Å². The third kappa shape index (κ3) is 2.05. The molecule has 0 amide bonds. The third-order valence-corrected chi connectivity index (χ3v) is 2.89. The van der Waals surface area contributed by atoms with Crippen molar-refractivity contribution in [2.75, 3.05) is 0 Å². The van der Waals surface area contributed by atoms with Gasteiger partial charge in [-0.15, -0.1) is 0 Å². The zero-order valence-corrected chi connectivity index (χ0v) is 10.8. The Kier molecular flexibility index (Phi) is 2.69. The zero-order chi connectivity index (χ0) is 12.6. The second-order valence-electron chi connectivity index (χ2n) is 5.29. The van der Waals surface area contributed by atoms with Crippen LogP contribution in [0.5, 0.6) is 0 Å². The summed E-state index contributed by atoms with van der Waals surface area (Å²) in [6.45, 7) is 6.32. The van der Waals surface area contributed by atoms with Gasteiger partial charge in [-0.3, -0.25) is 9.48 Å². The second kappa shape index (κ2) is 3.91. The lowest BCUT2D eigenvalue weighted by atomic mass is 9.92. The second-order valence-corrected chi connectivity index (χ2v) is 5.29. The molecule has 3 nitrogen and oxygen atoms in total. The lowest BCUT2D eigenvalue weighted by Gasteiger charge is -2.20. The van der Waals surface area contributed by atoms with Crippen LogP contribution in [0, 0.1) is 0 Å². The molecule has 0 saturated carbocycles. The first-order chi connectivity index (χ1) is 7.91. The Bertz CT molecular complexity index is 571. The van der Waals surface area contributed by atoms with E-state index >= 15 is 0 Å². The summed E-state index contributed by atoms with van der Waals surface area (Å²) in [7, 11) is 1.93. The molecule has 0 atom stereocenters. The van der Waals surface area contributed by atoms with Gasteiger partial charge in [-0.05, 0) is 12.1 Å². The van der Waals surface area contributed by atoms with Crippen LogP contribution in [0.25, 0.3) is 5.69 Å². The highest BCUT2D eigenvalue weighted by Gasteiger charge is 2.21. The Labute approximate surface area is 101 Å². The molecule has 90 valence electrons. The van der Waals surface area contributed by atoms with Gasteiger partial charge in [0.2, 0.25) is 0 Å². The lowest BCUT2D eigenvalue weighted by molar-refractivity contribution is 0.500. The Morgan fingerprint density at radius 2 is 1.65 bits per heavy atom. The number of rotatable bonds is 1. The monoisotopic (exact) mass is 230 g/mol. The van der Waals surface area contributed by atoms with Crippen LogP contribution < -0.4 is 5.56 Å². The minimum absolute atomic E-state index is 0.0172. The predicted molar refractivity (Wildman–Crippen MR) is 69.7 cm³/mol. The highest BCUT2D eigenvalue weighted by molar-refractivity contribution is 5.31. The Hall–Kier alpha value is -1.77. The van der Waals surface area contributed by atoms with Crippen molar-refractivity contribution in [3.63, 3.8) is 0 Å². The number of nitrogens with zero attached hydrogens (tertiary/aromatic N) is 2. The van der Waals surface area contributed by atoms with Crippen molar-refractivity contribution in [3.8, 4) is 5.69 Å². The van der Waals surface area contributed by atoms with Crippen molar-refractivity contribution in [2.45, 2.75) is 26.2 Å². The highest BCUT2D eigenvalue weighted by atomic mass is 16.1. The van der Waals surface area contributed by atoms with E-state index in [2.05, 4.69) is 20.8 Å². The van der Waals surface area contributed by atoms with Gasteiger partial charge in [-0.1, -0.05) is 39.0 Å². The summed E-state index contributed by atoms with van der Waals surface area (Å²) in [5.41, 5.74) is 1.92. The maximum atomic E-state index is 12.1. The number of aromatic nitrogens is 2. The molecule has 0 saturated heterocycles. The SMILES string of the molecule is Cn1c(C(C)(C)C)cc(=O)n1-c1ccccc1. The molecule has 2 aromatic rings. The maximum Gasteiger partial charge on any atom is 0.271 e. The van der Waals surface area contributed by atoms with Crippen LogP contribution >= 0.6 is 0 Å². The van der Waals surface area contributed by atoms with E-state index in [1.807, 2.05) is 42.1 Å². The van der Waals surface area contributed by atoms with Crippen molar-refractivity contribution >= 4 is 0 Å². The van der Waals surface area contributed by atoms with Crippen molar-refractivity contribution in [3.05, 3.63) is 52.4 Å². The van der Waals surface area contributed by atoms with Crippen LogP contribution in [-0.4, -0.2) is 9.36 Å². The molecule has 17 heavy (non-hydrogen) atoms. The molecule has 1 aromatic carbocycles. The molecular formula is C14H18N2O. The lowest BCUT2D eigenvalue weighted by Crippen LogP contribution is -2.22. The minimum Gasteiger partial charge on any atom is -0.285 e. The zero-order valence-electron chi connectivity index (χ0n) is 10.8. The van der Waals surface area contributed by atoms with Gasteiger partial charge in [-0.2, -0.15) is 0 Å². The minimum atomic E-state index is -0.0338. The van der Waals surface area contributed by atoms with E-state index in [0.29, 0.717) is 0 Å². The molecule has 0 unspecified atom stereocenters. The van der Waals surface area contributed by atoms with Gasteiger partial charge in [-0.25, -0.2) is 4.68 Å². The van der Waals surface area contributed by atoms with Gasteiger partial charge >= 0.3 is 0 Å². The molecule has 1 aromatic heterocycles. The van der Waals surface area contributed by atoms with Crippen molar-refractivity contribution < 1.29 is 0 Å². The molecule has 0 N–H and O–H groups in total. The fourth-order valence-electron chi connectivity index (χ4n) is 2.10. The van der Waals surface area contributed by atoms with E-state index in [1.54, 1.807) is 10.7 Å². The normalized spacial score (nSPS) is 11.8. The Morgan fingerprint density at radius 1 is 1.06 bits per heavy atom. The van der Waals surface area contributed by atoms with E-state index in [9.17, 15) is 4.79 Å². The Morgan fingerprint density at radius 3 is 2.12 bits per heavy atom. The number of hydrogen-bond donors (Lipinski definition) is 0. The summed E-state index contributed by atoms with van der Waals surface area (Å²) >= 11 is 0. The third-order valence-electron chi connectivity index (χ3n) is 2.89. The summed E-state index contributed by atoms with van der Waals surface area (Å²) < 4.78 is 3.62. The van der Waals surface area contributed by atoms with Crippen LogP contribution in [0.4, 0.5) is 0 Å². The summed E-state index contributed by atoms with van der Waals surface area (Å²) in [5, 5.41) is 0. The van der Waals surface area contributed by atoms with Gasteiger partial charge < -0.3 is 0 Å². The molecular weight excluding hydrogens is 212 g/mol. The van der Waals surface area contributed by atoms with Crippen molar-refractivity contribution in [1.82, 2.24) is 9.36 Å². The number of para-hydroxylation sites is 1. The van der Waals surface area contributed by atoms with E-state index in [4.69, 9.17) is 0 Å². The smallest absolute Gasteiger partial charge is 0.271 e. The van der Waals surface area contributed by atoms with E-state index in [1.165, 1.54) is 0 Å². The first-order valence-electron chi connectivity index (χ1n) is 5.76. The average Bonchev–Trinajstić information content (AvgIpc) is 2.55. The van der Waals surface area contributed by atoms with Crippen LogP contribution in [0.3, 0.4) is 0 Å².